The summed E-state index contributed by atoms with van der Waals surface area (Å²) < 4.78 is 4.81. The first-order valence-corrected chi connectivity index (χ1v) is 6.94. The van der Waals surface area contributed by atoms with Gasteiger partial charge in [-0.2, -0.15) is 0 Å². The van der Waals surface area contributed by atoms with Crippen molar-refractivity contribution < 1.29 is 14.3 Å². The number of rotatable bonds is 5. The highest BCUT2D eigenvalue weighted by Crippen LogP contribution is 2.57. The van der Waals surface area contributed by atoms with Crippen molar-refractivity contribution in [2.24, 2.45) is 17.8 Å². The molecule has 0 bridgehead atoms. The first kappa shape index (κ1) is 13.4. The topological polar surface area (TPSA) is 55.4 Å². The lowest BCUT2D eigenvalue weighted by Crippen LogP contribution is -2.53. The Kier molecular flexibility index (Phi) is 3.64. The molecule has 2 rings (SSSR count). The van der Waals surface area contributed by atoms with Crippen LogP contribution in [0.5, 0.6) is 0 Å². The Balaban J connectivity index is 1.96. The summed E-state index contributed by atoms with van der Waals surface area (Å²) in [5.41, 5.74) is -0.864. The van der Waals surface area contributed by atoms with Gasteiger partial charge in [0.25, 0.3) is 0 Å². The number of esters is 1. The number of ether oxygens (including phenoxy) is 1. The van der Waals surface area contributed by atoms with E-state index in [4.69, 9.17) is 4.74 Å². The molecule has 4 nitrogen and oxygen atoms in total. The first-order valence-electron chi connectivity index (χ1n) is 6.94. The van der Waals surface area contributed by atoms with Crippen molar-refractivity contribution in [3.63, 3.8) is 0 Å². The Morgan fingerprint density at radius 1 is 1.33 bits per heavy atom. The number of nitrogens with one attached hydrogen (secondary N) is 1. The lowest BCUT2D eigenvalue weighted by molar-refractivity contribution is -0.150. The normalized spacial score (nSPS) is 32.3. The maximum Gasteiger partial charge on any atom is 0.331 e. The van der Waals surface area contributed by atoms with Crippen molar-refractivity contribution >= 4 is 11.9 Å². The van der Waals surface area contributed by atoms with Crippen LogP contribution in [-0.2, 0) is 14.3 Å². The van der Waals surface area contributed by atoms with Crippen molar-refractivity contribution in [1.82, 2.24) is 5.32 Å². The molecule has 3 unspecified atom stereocenters. The van der Waals surface area contributed by atoms with Crippen LogP contribution in [0.4, 0.5) is 0 Å². The van der Waals surface area contributed by atoms with Gasteiger partial charge in [0.15, 0.2) is 0 Å². The highest BCUT2D eigenvalue weighted by molar-refractivity contribution is 5.90. The van der Waals surface area contributed by atoms with Gasteiger partial charge >= 0.3 is 5.97 Å². The van der Waals surface area contributed by atoms with Gasteiger partial charge in [-0.3, -0.25) is 4.79 Å². The summed E-state index contributed by atoms with van der Waals surface area (Å²) in [7, 11) is 1.37. The van der Waals surface area contributed by atoms with Crippen LogP contribution in [0.3, 0.4) is 0 Å². The van der Waals surface area contributed by atoms with Gasteiger partial charge in [0.1, 0.15) is 5.54 Å². The SMILES string of the molecule is CCCC(C)(NC(=O)C1C2CCCC21)C(=O)OC. The molecule has 2 aliphatic carbocycles. The van der Waals surface area contributed by atoms with Crippen LogP contribution in [0.1, 0.15) is 46.0 Å². The van der Waals surface area contributed by atoms with Crippen LogP contribution < -0.4 is 5.32 Å². The third-order valence-corrected chi connectivity index (χ3v) is 4.49. The molecule has 4 heteroatoms. The Morgan fingerprint density at radius 2 is 1.94 bits per heavy atom. The van der Waals surface area contributed by atoms with Crippen LogP contribution in [0.15, 0.2) is 0 Å². The second kappa shape index (κ2) is 4.90. The predicted octanol–water partition coefficient (Wildman–Crippen LogP) is 1.88. The average molecular weight is 253 g/mol. The van der Waals surface area contributed by atoms with E-state index in [0.717, 1.165) is 6.42 Å². The van der Waals surface area contributed by atoms with E-state index in [9.17, 15) is 9.59 Å². The molecule has 2 fully saturated rings. The van der Waals surface area contributed by atoms with Crippen LogP contribution in [0, 0.1) is 17.8 Å². The van der Waals surface area contributed by atoms with Crippen molar-refractivity contribution in [1.29, 1.82) is 0 Å². The summed E-state index contributed by atoms with van der Waals surface area (Å²) >= 11 is 0. The monoisotopic (exact) mass is 253 g/mol. The molecule has 3 atom stereocenters. The molecule has 0 aromatic heterocycles. The number of hydrogen-bond acceptors (Lipinski definition) is 3. The third kappa shape index (κ3) is 2.25. The number of methoxy groups -OCH3 is 1. The zero-order chi connectivity index (χ0) is 13.3. The second-order valence-electron chi connectivity index (χ2n) is 5.85. The molecule has 0 radical (unpaired) electrons. The molecule has 1 N–H and O–H groups in total. The largest absolute Gasteiger partial charge is 0.467 e. The summed E-state index contributed by atoms with van der Waals surface area (Å²) in [5.74, 6) is 1.01. The molecular formula is C14H23NO3. The summed E-state index contributed by atoms with van der Waals surface area (Å²) in [6.45, 7) is 3.76. The van der Waals surface area contributed by atoms with Gasteiger partial charge in [0.2, 0.25) is 5.91 Å². The van der Waals surface area contributed by atoms with E-state index in [2.05, 4.69) is 5.32 Å². The first-order chi connectivity index (χ1) is 8.53. The molecule has 0 heterocycles. The van der Waals surface area contributed by atoms with Gasteiger partial charge in [-0.25, -0.2) is 4.79 Å². The lowest BCUT2D eigenvalue weighted by Gasteiger charge is -2.27. The molecule has 0 saturated heterocycles. The number of fused-ring (bicyclic) bond motifs is 1. The minimum absolute atomic E-state index is 0.0473. The van der Waals surface area contributed by atoms with Crippen LogP contribution in [-0.4, -0.2) is 24.5 Å². The Hall–Kier alpha value is -1.06. The van der Waals surface area contributed by atoms with Crippen molar-refractivity contribution in [3.05, 3.63) is 0 Å². The smallest absolute Gasteiger partial charge is 0.331 e. The van der Waals surface area contributed by atoms with Gasteiger partial charge in [-0.1, -0.05) is 19.8 Å². The zero-order valence-corrected chi connectivity index (χ0v) is 11.5. The second-order valence-corrected chi connectivity index (χ2v) is 5.85. The number of carbonyl (C=O) groups excluding carboxylic acids is 2. The molecule has 0 aliphatic heterocycles. The minimum Gasteiger partial charge on any atom is -0.467 e. The van der Waals surface area contributed by atoms with Crippen molar-refractivity contribution in [2.75, 3.05) is 7.11 Å². The fourth-order valence-corrected chi connectivity index (χ4v) is 3.51. The average Bonchev–Trinajstić information content (AvgIpc) is 2.83. The lowest BCUT2D eigenvalue weighted by atomic mass is 9.95. The van der Waals surface area contributed by atoms with Gasteiger partial charge in [0.05, 0.1) is 7.11 Å². The summed E-state index contributed by atoms with van der Waals surface area (Å²) in [6, 6.07) is 0. The van der Waals surface area contributed by atoms with Crippen molar-refractivity contribution in [2.45, 2.75) is 51.5 Å². The highest BCUT2D eigenvalue weighted by atomic mass is 16.5. The van der Waals surface area contributed by atoms with E-state index in [0.29, 0.717) is 18.3 Å². The van der Waals surface area contributed by atoms with Gasteiger partial charge < -0.3 is 10.1 Å². The maximum absolute atomic E-state index is 12.2. The van der Waals surface area contributed by atoms with E-state index in [1.165, 1.54) is 26.4 Å². The molecule has 1 amide bonds. The Labute approximate surface area is 108 Å². The van der Waals surface area contributed by atoms with Crippen LogP contribution in [0.2, 0.25) is 0 Å². The van der Waals surface area contributed by atoms with E-state index in [-0.39, 0.29) is 17.8 Å². The summed E-state index contributed by atoms with van der Waals surface area (Å²) in [5, 5.41) is 2.92. The fourth-order valence-electron chi connectivity index (χ4n) is 3.51. The molecular weight excluding hydrogens is 230 g/mol. The number of carbonyl (C=O) groups is 2. The molecule has 102 valence electrons. The number of hydrogen-bond donors (Lipinski definition) is 1. The predicted molar refractivity (Wildman–Crippen MR) is 67.8 cm³/mol. The summed E-state index contributed by atoms with van der Waals surface area (Å²) in [4.78, 5) is 24.0. The third-order valence-electron chi connectivity index (χ3n) is 4.49. The van der Waals surface area contributed by atoms with E-state index < -0.39 is 5.54 Å². The van der Waals surface area contributed by atoms with Crippen LogP contribution in [0.25, 0.3) is 0 Å². The standard InChI is InChI=1S/C14H23NO3/c1-4-8-14(2,13(17)18-3)15-12(16)11-9-6-5-7-10(9)11/h9-11H,4-8H2,1-3H3,(H,15,16). The molecule has 0 aromatic carbocycles. The van der Waals surface area contributed by atoms with Crippen LogP contribution >= 0.6 is 0 Å². The quantitative estimate of drug-likeness (QED) is 0.761. The molecule has 18 heavy (non-hydrogen) atoms. The molecule has 0 spiro atoms. The minimum atomic E-state index is -0.864. The Bertz CT molecular complexity index is 345. The zero-order valence-electron chi connectivity index (χ0n) is 11.5. The van der Waals surface area contributed by atoms with Crippen molar-refractivity contribution in [3.8, 4) is 0 Å². The maximum atomic E-state index is 12.2. The molecule has 2 aliphatic rings. The van der Waals surface area contributed by atoms with Gasteiger partial charge in [0, 0.05) is 5.92 Å². The van der Waals surface area contributed by atoms with Gasteiger partial charge in [-0.05, 0) is 38.0 Å². The number of amides is 1. The molecule has 2 saturated carbocycles. The fraction of sp³-hybridized carbons (Fsp3) is 0.857. The van der Waals surface area contributed by atoms with Gasteiger partial charge in [-0.15, -0.1) is 0 Å². The van der Waals surface area contributed by atoms with E-state index in [1.807, 2.05) is 6.92 Å². The highest BCUT2D eigenvalue weighted by Gasteiger charge is 2.57. The van der Waals surface area contributed by atoms with E-state index >= 15 is 0 Å². The summed E-state index contributed by atoms with van der Waals surface area (Å²) in [6.07, 6.45) is 5.05. The van der Waals surface area contributed by atoms with E-state index in [1.54, 1.807) is 6.92 Å². The molecule has 0 aromatic rings. The Morgan fingerprint density at radius 3 is 2.44 bits per heavy atom.